The zero-order valence-corrected chi connectivity index (χ0v) is 10.8. The highest BCUT2D eigenvalue weighted by Gasteiger charge is 2.27. The van der Waals surface area contributed by atoms with E-state index in [4.69, 9.17) is 5.73 Å². The maximum atomic E-state index is 11.9. The summed E-state index contributed by atoms with van der Waals surface area (Å²) in [5, 5.41) is 3.17. The Balaban J connectivity index is 2.44. The molecule has 0 aromatic rings. The molecule has 94 valence electrons. The summed E-state index contributed by atoms with van der Waals surface area (Å²) in [6.45, 7) is 7.01. The number of hydrogen-bond acceptors (Lipinski definition) is 2. The SMILES string of the molecule is CCC(CN)C(=O)NC1CCC(C)CC1C. The Morgan fingerprint density at radius 2 is 2.12 bits per heavy atom. The molecule has 1 fully saturated rings. The van der Waals surface area contributed by atoms with E-state index in [-0.39, 0.29) is 11.8 Å². The molecule has 3 nitrogen and oxygen atoms in total. The molecule has 1 rings (SSSR count). The van der Waals surface area contributed by atoms with Crippen molar-refractivity contribution in [3.63, 3.8) is 0 Å². The molecule has 3 N–H and O–H groups in total. The third-order valence-electron chi connectivity index (χ3n) is 3.91. The quantitative estimate of drug-likeness (QED) is 0.769. The summed E-state index contributed by atoms with van der Waals surface area (Å²) in [4.78, 5) is 11.9. The molecule has 0 spiro atoms. The van der Waals surface area contributed by atoms with Crippen molar-refractivity contribution in [3.05, 3.63) is 0 Å². The minimum atomic E-state index is -0.00782. The van der Waals surface area contributed by atoms with Crippen LogP contribution in [0.1, 0.15) is 46.5 Å². The summed E-state index contributed by atoms with van der Waals surface area (Å²) in [5.41, 5.74) is 5.59. The average molecular weight is 226 g/mol. The van der Waals surface area contributed by atoms with E-state index in [0.717, 1.165) is 18.8 Å². The number of nitrogens with one attached hydrogen (secondary N) is 1. The molecule has 4 atom stereocenters. The van der Waals surface area contributed by atoms with Gasteiger partial charge in [0.25, 0.3) is 0 Å². The van der Waals surface area contributed by atoms with Crippen LogP contribution in [-0.4, -0.2) is 18.5 Å². The largest absolute Gasteiger partial charge is 0.353 e. The molecule has 0 aromatic carbocycles. The molecule has 1 saturated carbocycles. The smallest absolute Gasteiger partial charge is 0.224 e. The zero-order valence-electron chi connectivity index (χ0n) is 10.8. The van der Waals surface area contributed by atoms with Gasteiger partial charge in [0.05, 0.1) is 0 Å². The predicted octanol–water partition coefficient (Wildman–Crippen LogP) is 1.91. The molecule has 1 aliphatic rings. The molecule has 0 bridgehead atoms. The van der Waals surface area contributed by atoms with Gasteiger partial charge in [0.1, 0.15) is 0 Å². The fourth-order valence-electron chi connectivity index (χ4n) is 2.64. The number of carbonyl (C=O) groups excluding carboxylic acids is 1. The first kappa shape index (κ1) is 13.5. The van der Waals surface area contributed by atoms with Crippen molar-refractivity contribution in [2.45, 2.75) is 52.5 Å². The van der Waals surface area contributed by atoms with Crippen LogP contribution in [0.15, 0.2) is 0 Å². The third-order valence-corrected chi connectivity index (χ3v) is 3.91. The van der Waals surface area contributed by atoms with Gasteiger partial charge in [-0.3, -0.25) is 4.79 Å². The molecule has 0 saturated heterocycles. The minimum Gasteiger partial charge on any atom is -0.353 e. The lowest BCUT2D eigenvalue weighted by Gasteiger charge is -2.34. The summed E-state index contributed by atoms with van der Waals surface area (Å²) >= 11 is 0. The second-order valence-corrected chi connectivity index (χ2v) is 5.35. The van der Waals surface area contributed by atoms with E-state index in [9.17, 15) is 4.79 Å². The van der Waals surface area contributed by atoms with Crippen LogP contribution in [0.3, 0.4) is 0 Å². The van der Waals surface area contributed by atoms with Crippen LogP contribution in [0, 0.1) is 17.8 Å². The molecule has 16 heavy (non-hydrogen) atoms. The van der Waals surface area contributed by atoms with E-state index in [2.05, 4.69) is 19.2 Å². The fourth-order valence-corrected chi connectivity index (χ4v) is 2.64. The first-order valence-corrected chi connectivity index (χ1v) is 6.58. The Labute approximate surface area is 99.2 Å². The summed E-state index contributed by atoms with van der Waals surface area (Å²) in [7, 11) is 0. The van der Waals surface area contributed by atoms with E-state index < -0.39 is 0 Å². The van der Waals surface area contributed by atoms with Gasteiger partial charge in [-0.2, -0.15) is 0 Å². The van der Waals surface area contributed by atoms with Gasteiger partial charge in [-0.1, -0.05) is 20.8 Å². The summed E-state index contributed by atoms with van der Waals surface area (Å²) < 4.78 is 0. The van der Waals surface area contributed by atoms with Crippen molar-refractivity contribution in [2.24, 2.45) is 23.5 Å². The summed E-state index contributed by atoms with van der Waals surface area (Å²) in [6, 6.07) is 0.365. The lowest BCUT2D eigenvalue weighted by atomic mass is 9.79. The second-order valence-electron chi connectivity index (χ2n) is 5.35. The standard InChI is InChI=1S/C13H26N2O/c1-4-11(8-14)13(16)15-12-6-5-9(2)7-10(12)3/h9-12H,4-8,14H2,1-3H3,(H,15,16). The van der Waals surface area contributed by atoms with E-state index in [0.29, 0.717) is 18.5 Å². The van der Waals surface area contributed by atoms with Crippen LogP contribution in [0.5, 0.6) is 0 Å². The average Bonchev–Trinajstić information content (AvgIpc) is 2.24. The Bertz CT molecular complexity index is 226. The number of rotatable bonds is 4. The number of nitrogens with two attached hydrogens (primary N) is 1. The Hall–Kier alpha value is -0.570. The Morgan fingerprint density at radius 1 is 1.44 bits per heavy atom. The molecule has 4 unspecified atom stereocenters. The molecule has 1 amide bonds. The fraction of sp³-hybridized carbons (Fsp3) is 0.923. The van der Waals surface area contributed by atoms with Gasteiger partial charge in [-0.05, 0) is 37.5 Å². The molecule has 0 aromatic heterocycles. The molecule has 0 heterocycles. The molecule has 0 radical (unpaired) electrons. The van der Waals surface area contributed by atoms with E-state index in [1.165, 1.54) is 12.8 Å². The van der Waals surface area contributed by atoms with Crippen LogP contribution >= 0.6 is 0 Å². The lowest BCUT2D eigenvalue weighted by Crippen LogP contribution is -2.46. The highest BCUT2D eigenvalue weighted by molar-refractivity contribution is 5.79. The van der Waals surface area contributed by atoms with Gasteiger partial charge in [0.2, 0.25) is 5.91 Å². The second kappa shape index (κ2) is 6.24. The Kier molecular flexibility index (Phi) is 5.26. The molecule has 0 aliphatic heterocycles. The summed E-state index contributed by atoms with van der Waals surface area (Å²) in [6.07, 6.45) is 4.41. The van der Waals surface area contributed by atoms with Gasteiger partial charge in [0.15, 0.2) is 0 Å². The van der Waals surface area contributed by atoms with Crippen molar-refractivity contribution in [3.8, 4) is 0 Å². The highest BCUT2D eigenvalue weighted by atomic mass is 16.1. The highest BCUT2D eigenvalue weighted by Crippen LogP contribution is 2.28. The topological polar surface area (TPSA) is 55.1 Å². The van der Waals surface area contributed by atoms with Gasteiger partial charge in [-0.15, -0.1) is 0 Å². The van der Waals surface area contributed by atoms with Gasteiger partial charge in [-0.25, -0.2) is 0 Å². The first-order valence-electron chi connectivity index (χ1n) is 6.58. The summed E-state index contributed by atoms with van der Waals surface area (Å²) in [5.74, 6) is 1.55. The minimum absolute atomic E-state index is 0.00782. The molecular weight excluding hydrogens is 200 g/mol. The van der Waals surface area contributed by atoms with E-state index in [1.807, 2.05) is 6.92 Å². The van der Waals surface area contributed by atoms with Crippen molar-refractivity contribution in [1.82, 2.24) is 5.32 Å². The van der Waals surface area contributed by atoms with E-state index in [1.54, 1.807) is 0 Å². The molecular formula is C13H26N2O. The van der Waals surface area contributed by atoms with Crippen molar-refractivity contribution >= 4 is 5.91 Å². The van der Waals surface area contributed by atoms with E-state index >= 15 is 0 Å². The third kappa shape index (κ3) is 3.48. The Morgan fingerprint density at radius 3 is 2.62 bits per heavy atom. The molecule has 1 aliphatic carbocycles. The number of carbonyl (C=O) groups is 1. The maximum absolute atomic E-state index is 11.9. The van der Waals surface area contributed by atoms with Crippen LogP contribution in [0.25, 0.3) is 0 Å². The van der Waals surface area contributed by atoms with Gasteiger partial charge >= 0.3 is 0 Å². The number of hydrogen-bond donors (Lipinski definition) is 2. The number of amides is 1. The van der Waals surface area contributed by atoms with Gasteiger partial charge < -0.3 is 11.1 Å². The van der Waals surface area contributed by atoms with Crippen LogP contribution in [-0.2, 0) is 4.79 Å². The lowest BCUT2D eigenvalue weighted by molar-refractivity contribution is -0.126. The van der Waals surface area contributed by atoms with Crippen LogP contribution < -0.4 is 11.1 Å². The zero-order chi connectivity index (χ0) is 12.1. The normalized spacial score (nSPS) is 32.1. The van der Waals surface area contributed by atoms with Crippen LogP contribution in [0.2, 0.25) is 0 Å². The molecule has 3 heteroatoms. The predicted molar refractivity (Wildman–Crippen MR) is 66.9 cm³/mol. The van der Waals surface area contributed by atoms with Crippen LogP contribution in [0.4, 0.5) is 0 Å². The monoisotopic (exact) mass is 226 g/mol. The van der Waals surface area contributed by atoms with Crippen molar-refractivity contribution in [2.75, 3.05) is 6.54 Å². The maximum Gasteiger partial charge on any atom is 0.224 e. The first-order chi connectivity index (χ1) is 7.58. The van der Waals surface area contributed by atoms with Gasteiger partial charge in [0, 0.05) is 18.5 Å². The van der Waals surface area contributed by atoms with Crippen molar-refractivity contribution < 1.29 is 4.79 Å². The van der Waals surface area contributed by atoms with Crippen molar-refractivity contribution in [1.29, 1.82) is 0 Å².